The predicted molar refractivity (Wildman–Crippen MR) is 98.5 cm³/mol. The predicted octanol–water partition coefficient (Wildman–Crippen LogP) is 4.30. The van der Waals surface area contributed by atoms with Crippen LogP contribution in [0.3, 0.4) is 0 Å². The number of thiazole rings is 1. The van der Waals surface area contributed by atoms with Gasteiger partial charge in [-0.3, -0.25) is 4.79 Å². The first kappa shape index (κ1) is 17.3. The Labute approximate surface area is 155 Å². The molecule has 0 radical (unpaired) electrons. The van der Waals surface area contributed by atoms with Gasteiger partial charge >= 0.3 is 0 Å². The fraction of sp³-hybridized carbons (Fsp3) is 0.0526. The quantitative estimate of drug-likeness (QED) is 0.512. The molecule has 0 spiro atoms. The second kappa shape index (κ2) is 6.90. The van der Waals surface area contributed by atoms with Crippen molar-refractivity contribution in [1.29, 1.82) is 0 Å². The molecule has 5 nitrogen and oxygen atoms in total. The number of aliphatic hydroxyl groups is 1. The van der Waals surface area contributed by atoms with Crippen LogP contribution in [0.15, 0.2) is 62.6 Å². The van der Waals surface area contributed by atoms with E-state index in [0.717, 1.165) is 24.3 Å². The normalized spacial score (nSPS) is 12.3. The minimum Gasteiger partial charge on any atom is -0.454 e. The molecule has 2 heterocycles. The molecule has 0 aliphatic rings. The highest BCUT2D eigenvalue weighted by molar-refractivity contribution is 7.07. The minimum absolute atomic E-state index is 0.109. The third-order valence-corrected chi connectivity index (χ3v) is 4.58. The van der Waals surface area contributed by atoms with Gasteiger partial charge in [-0.1, -0.05) is 6.07 Å². The van der Waals surface area contributed by atoms with E-state index < -0.39 is 23.3 Å². The largest absolute Gasteiger partial charge is 0.454 e. The molecule has 2 aromatic carbocycles. The summed E-state index contributed by atoms with van der Waals surface area (Å²) in [5.74, 6) is -1.48. The number of nitrogens with one attached hydrogen (secondary N) is 1. The van der Waals surface area contributed by atoms with Crippen LogP contribution < -0.4 is 10.7 Å². The van der Waals surface area contributed by atoms with E-state index in [9.17, 15) is 18.7 Å². The molecule has 136 valence electrons. The van der Waals surface area contributed by atoms with Crippen LogP contribution >= 0.6 is 11.3 Å². The van der Waals surface area contributed by atoms with E-state index in [2.05, 4.69) is 10.3 Å². The first-order valence-electron chi connectivity index (χ1n) is 7.88. The molecule has 0 amide bonds. The van der Waals surface area contributed by atoms with Crippen molar-refractivity contribution in [1.82, 2.24) is 4.98 Å². The molecular weight excluding hydrogens is 374 g/mol. The summed E-state index contributed by atoms with van der Waals surface area (Å²) in [6.45, 7) is 0. The van der Waals surface area contributed by atoms with Crippen molar-refractivity contribution in [3.05, 3.63) is 80.9 Å². The Morgan fingerprint density at radius 2 is 2.04 bits per heavy atom. The van der Waals surface area contributed by atoms with Crippen LogP contribution in [0.1, 0.15) is 11.9 Å². The summed E-state index contributed by atoms with van der Waals surface area (Å²) in [6, 6.07) is 8.79. The molecule has 0 aliphatic heterocycles. The van der Waals surface area contributed by atoms with Crippen LogP contribution in [0.5, 0.6) is 0 Å². The molecule has 2 N–H and O–H groups in total. The van der Waals surface area contributed by atoms with Gasteiger partial charge in [0.25, 0.3) is 0 Å². The number of rotatable bonds is 4. The number of fused-ring (bicyclic) bond motifs is 1. The van der Waals surface area contributed by atoms with Gasteiger partial charge in [-0.25, -0.2) is 13.8 Å². The SMILES string of the molecule is O=c1cc(-c2cc(F)ccc2F)oc2c(NC(O)c3cscn3)cccc12. The highest BCUT2D eigenvalue weighted by Crippen LogP contribution is 2.30. The van der Waals surface area contributed by atoms with Gasteiger partial charge in [0, 0.05) is 11.4 Å². The fourth-order valence-corrected chi connectivity index (χ4v) is 3.26. The number of halogens is 2. The van der Waals surface area contributed by atoms with E-state index in [-0.39, 0.29) is 22.3 Å². The molecule has 0 aliphatic carbocycles. The van der Waals surface area contributed by atoms with E-state index in [1.807, 2.05) is 0 Å². The molecule has 0 saturated heterocycles. The molecule has 1 unspecified atom stereocenters. The molecule has 4 rings (SSSR count). The van der Waals surface area contributed by atoms with E-state index in [1.54, 1.807) is 29.1 Å². The monoisotopic (exact) mass is 386 g/mol. The summed E-state index contributed by atoms with van der Waals surface area (Å²) < 4.78 is 33.3. The molecule has 27 heavy (non-hydrogen) atoms. The third kappa shape index (κ3) is 3.32. The summed E-state index contributed by atoms with van der Waals surface area (Å²) in [7, 11) is 0. The number of nitrogens with zero attached hydrogens (tertiary/aromatic N) is 1. The van der Waals surface area contributed by atoms with Crippen LogP contribution in [0.2, 0.25) is 0 Å². The van der Waals surface area contributed by atoms with Gasteiger partial charge in [0.1, 0.15) is 23.1 Å². The van der Waals surface area contributed by atoms with Gasteiger partial charge < -0.3 is 14.8 Å². The fourth-order valence-electron chi connectivity index (χ4n) is 2.69. The Balaban J connectivity index is 1.85. The number of aliphatic hydroxyl groups excluding tert-OH is 1. The van der Waals surface area contributed by atoms with Gasteiger partial charge in [0.2, 0.25) is 0 Å². The number of hydrogen-bond donors (Lipinski definition) is 2. The summed E-state index contributed by atoms with van der Waals surface area (Å²) >= 11 is 1.33. The number of anilines is 1. The zero-order valence-corrected chi connectivity index (χ0v) is 14.5. The number of hydrogen-bond acceptors (Lipinski definition) is 6. The Kier molecular flexibility index (Phi) is 4.43. The Morgan fingerprint density at radius 3 is 2.81 bits per heavy atom. The van der Waals surface area contributed by atoms with Crippen molar-refractivity contribution in [3.8, 4) is 11.3 Å². The molecule has 8 heteroatoms. The van der Waals surface area contributed by atoms with Gasteiger partial charge in [0.15, 0.2) is 17.2 Å². The maximum absolute atomic E-state index is 14.1. The number of aromatic nitrogens is 1. The van der Waals surface area contributed by atoms with Crippen LogP contribution in [0.4, 0.5) is 14.5 Å². The van der Waals surface area contributed by atoms with E-state index in [1.165, 1.54) is 11.3 Å². The van der Waals surface area contributed by atoms with Crippen molar-refractivity contribution in [3.63, 3.8) is 0 Å². The number of benzene rings is 2. The zero-order chi connectivity index (χ0) is 19.0. The molecule has 0 fully saturated rings. The lowest BCUT2D eigenvalue weighted by atomic mass is 10.1. The van der Waals surface area contributed by atoms with Crippen LogP contribution in [0.25, 0.3) is 22.3 Å². The van der Waals surface area contributed by atoms with Crippen LogP contribution in [-0.4, -0.2) is 10.1 Å². The summed E-state index contributed by atoms with van der Waals surface area (Å²) in [5, 5.41) is 15.0. The van der Waals surface area contributed by atoms with Crippen LogP contribution in [-0.2, 0) is 0 Å². The van der Waals surface area contributed by atoms with Crippen molar-refractivity contribution < 1.29 is 18.3 Å². The summed E-state index contributed by atoms with van der Waals surface area (Å²) in [6.07, 6.45) is -1.12. The van der Waals surface area contributed by atoms with E-state index in [4.69, 9.17) is 4.42 Å². The Hall–Kier alpha value is -3.10. The standard InChI is InChI=1S/C19H12F2N2O3S/c20-10-4-5-13(21)12(6-10)17-7-16(24)11-2-1-3-14(18(11)26-17)23-19(25)15-8-27-9-22-15/h1-9,19,23,25H. The topological polar surface area (TPSA) is 75.4 Å². The molecule has 4 aromatic rings. The molecule has 0 saturated carbocycles. The van der Waals surface area contributed by atoms with Gasteiger partial charge in [-0.15, -0.1) is 11.3 Å². The van der Waals surface area contributed by atoms with E-state index >= 15 is 0 Å². The van der Waals surface area contributed by atoms with E-state index in [0.29, 0.717) is 11.4 Å². The third-order valence-electron chi connectivity index (χ3n) is 3.97. The Morgan fingerprint density at radius 1 is 1.19 bits per heavy atom. The van der Waals surface area contributed by atoms with Gasteiger partial charge in [0.05, 0.1) is 22.1 Å². The van der Waals surface area contributed by atoms with Crippen molar-refractivity contribution in [2.75, 3.05) is 5.32 Å². The van der Waals surface area contributed by atoms with Crippen molar-refractivity contribution in [2.24, 2.45) is 0 Å². The molecule has 0 bridgehead atoms. The van der Waals surface area contributed by atoms with Crippen molar-refractivity contribution in [2.45, 2.75) is 6.23 Å². The van der Waals surface area contributed by atoms with Gasteiger partial charge in [-0.2, -0.15) is 0 Å². The molecule has 2 aromatic heterocycles. The number of para-hydroxylation sites is 1. The first-order valence-corrected chi connectivity index (χ1v) is 8.82. The van der Waals surface area contributed by atoms with Crippen molar-refractivity contribution >= 4 is 28.0 Å². The average molecular weight is 386 g/mol. The Bertz CT molecular complexity index is 1180. The average Bonchev–Trinajstić information content (AvgIpc) is 3.19. The highest BCUT2D eigenvalue weighted by Gasteiger charge is 2.16. The summed E-state index contributed by atoms with van der Waals surface area (Å²) in [4.78, 5) is 16.5. The lowest BCUT2D eigenvalue weighted by Crippen LogP contribution is -2.11. The minimum atomic E-state index is -1.12. The maximum Gasteiger partial charge on any atom is 0.193 e. The lowest BCUT2D eigenvalue weighted by molar-refractivity contribution is 0.204. The van der Waals surface area contributed by atoms with Crippen LogP contribution in [0, 0.1) is 11.6 Å². The van der Waals surface area contributed by atoms with Gasteiger partial charge in [-0.05, 0) is 30.3 Å². The lowest BCUT2D eigenvalue weighted by Gasteiger charge is -2.14. The molecular formula is C19H12F2N2O3S. The molecule has 1 atom stereocenters. The first-order chi connectivity index (χ1) is 13.0. The second-order valence-electron chi connectivity index (χ2n) is 5.74. The second-order valence-corrected chi connectivity index (χ2v) is 6.46. The zero-order valence-electron chi connectivity index (χ0n) is 13.6. The summed E-state index contributed by atoms with van der Waals surface area (Å²) in [5.41, 5.74) is 1.85. The maximum atomic E-state index is 14.1. The smallest absolute Gasteiger partial charge is 0.193 e. The highest BCUT2D eigenvalue weighted by atomic mass is 32.1.